The van der Waals surface area contributed by atoms with Crippen molar-refractivity contribution in [3.63, 3.8) is 0 Å². The largest absolute Gasteiger partial charge is 0.381 e. The third-order valence-electron chi connectivity index (χ3n) is 1.62. The highest BCUT2D eigenvalue weighted by molar-refractivity contribution is 4.77. The minimum atomic E-state index is 0.524. The molecule has 0 saturated carbocycles. The average molecular weight is 140 g/mol. The first-order valence-corrected chi connectivity index (χ1v) is 3.46. The first kappa shape index (κ1) is 7.52. The van der Waals surface area contributed by atoms with Crippen LogP contribution in [0, 0.1) is 17.2 Å². The zero-order valence-corrected chi connectivity index (χ0v) is 6.21. The normalized spacial score (nSPS) is 18.5. The molecule has 0 amide bonds. The van der Waals surface area contributed by atoms with E-state index in [1.807, 2.05) is 11.9 Å². The van der Waals surface area contributed by atoms with E-state index in [0.29, 0.717) is 12.5 Å². The zero-order chi connectivity index (χ0) is 7.40. The van der Waals surface area contributed by atoms with Gasteiger partial charge in [-0.3, -0.25) is 4.90 Å². The topological polar surface area (TPSA) is 36.3 Å². The smallest absolute Gasteiger partial charge is 0.0863 e. The van der Waals surface area contributed by atoms with Crippen molar-refractivity contribution >= 4 is 0 Å². The molecule has 0 unspecified atom stereocenters. The van der Waals surface area contributed by atoms with Crippen LogP contribution in [0.25, 0.3) is 0 Å². The molecule has 0 radical (unpaired) electrons. The lowest BCUT2D eigenvalue weighted by molar-refractivity contribution is -0.0424. The van der Waals surface area contributed by atoms with Crippen LogP contribution in [0.15, 0.2) is 0 Å². The minimum Gasteiger partial charge on any atom is -0.381 e. The molecule has 0 aromatic carbocycles. The second kappa shape index (κ2) is 3.55. The Morgan fingerprint density at radius 3 is 2.80 bits per heavy atom. The summed E-state index contributed by atoms with van der Waals surface area (Å²) in [5.74, 6) is 0.665. The first-order chi connectivity index (χ1) is 4.83. The Kier molecular flexibility index (Phi) is 2.67. The molecule has 0 bridgehead atoms. The second-order valence-electron chi connectivity index (χ2n) is 2.76. The average Bonchev–Trinajstić information content (AvgIpc) is 1.80. The molecule has 56 valence electrons. The van der Waals surface area contributed by atoms with Gasteiger partial charge in [0.05, 0.1) is 25.8 Å². The van der Waals surface area contributed by atoms with Gasteiger partial charge in [0.25, 0.3) is 0 Å². The maximum Gasteiger partial charge on any atom is 0.0863 e. The van der Waals surface area contributed by atoms with Crippen molar-refractivity contribution in [1.82, 2.24) is 4.90 Å². The molecule has 1 fully saturated rings. The van der Waals surface area contributed by atoms with Gasteiger partial charge in [0.1, 0.15) is 0 Å². The molecule has 3 heteroatoms. The number of hydrogen-bond acceptors (Lipinski definition) is 3. The first-order valence-electron chi connectivity index (χ1n) is 3.46. The van der Waals surface area contributed by atoms with E-state index in [1.54, 1.807) is 0 Å². The molecule has 0 aromatic rings. The monoisotopic (exact) mass is 140 g/mol. The van der Waals surface area contributed by atoms with E-state index in [1.165, 1.54) is 0 Å². The highest BCUT2D eigenvalue weighted by Crippen LogP contribution is 2.10. The SMILES string of the molecule is CN(CC#N)CC1COC1. The maximum absolute atomic E-state index is 8.32. The summed E-state index contributed by atoms with van der Waals surface area (Å²) in [6.07, 6.45) is 0. The van der Waals surface area contributed by atoms with Crippen LogP contribution in [0.1, 0.15) is 0 Å². The molecule has 1 aliphatic rings. The summed E-state index contributed by atoms with van der Waals surface area (Å²) < 4.78 is 5.00. The number of nitriles is 1. The number of nitrogens with zero attached hydrogens (tertiary/aromatic N) is 2. The molecule has 1 saturated heterocycles. The van der Waals surface area contributed by atoms with Crippen molar-refractivity contribution in [2.75, 3.05) is 33.4 Å². The lowest BCUT2D eigenvalue weighted by atomic mass is 10.1. The summed E-state index contributed by atoms with van der Waals surface area (Å²) >= 11 is 0. The van der Waals surface area contributed by atoms with E-state index in [-0.39, 0.29) is 0 Å². The molecule has 1 heterocycles. The van der Waals surface area contributed by atoms with Crippen molar-refractivity contribution in [2.45, 2.75) is 0 Å². The van der Waals surface area contributed by atoms with E-state index >= 15 is 0 Å². The van der Waals surface area contributed by atoms with Gasteiger partial charge in [0.2, 0.25) is 0 Å². The van der Waals surface area contributed by atoms with Crippen molar-refractivity contribution in [1.29, 1.82) is 5.26 Å². The van der Waals surface area contributed by atoms with E-state index in [9.17, 15) is 0 Å². The van der Waals surface area contributed by atoms with Crippen LogP contribution in [0.5, 0.6) is 0 Å². The van der Waals surface area contributed by atoms with Gasteiger partial charge in [-0.25, -0.2) is 0 Å². The molecular weight excluding hydrogens is 128 g/mol. The summed E-state index contributed by atoms with van der Waals surface area (Å²) in [5, 5.41) is 8.32. The zero-order valence-electron chi connectivity index (χ0n) is 6.21. The third kappa shape index (κ3) is 1.98. The Hall–Kier alpha value is -0.590. The van der Waals surface area contributed by atoms with E-state index in [2.05, 4.69) is 6.07 Å². The van der Waals surface area contributed by atoms with Gasteiger partial charge in [-0.1, -0.05) is 0 Å². The molecule has 10 heavy (non-hydrogen) atoms. The van der Waals surface area contributed by atoms with Gasteiger partial charge < -0.3 is 4.74 Å². The molecule has 3 nitrogen and oxygen atoms in total. The van der Waals surface area contributed by atoms with Crippen LogP contribution in [0.4, 0.5) is 0 Å². The van der Waals surface area contributed by atoms with Gasteiger partial charge in [-0.2, -0.15) is 5.26 Å². The summed E-state index contributed by atoms with van der Waals surface area (Å²) in [7, 11) is 1.96. The van der Waals surface area contributed by atoms with Crippen molar-refractivity contribution < 1.29 is 4.74 Å². The summed E-state index contributed by atoms with van der Waals surface area (Å²) in [4.78, 5) is 2.02. The molecular formula is C7H12N2O. The summed E-state index contributed by atoms with van der Waals surface area (Å²) in [6.45, 7) is 3.26. The highest BCUT2D eigenvalue weighted by atomic mass is 16.5. The number of rotatable bonds is 3. The van der Waals surface area contributed by atoms with Crippen LogP contribution < -0.4 is 0 Å². The van der Waals surface area contributed by atoms with Crippen LogP contribution >= 0.6 is 0 Å². The highest BCUT2D eigenvalue weighted by Gasteiger charge is 2.19. The van der Waals surface area contributed by atoms with Crippen molar-refractivity contribution in [3.05, 3.63) is 0 Å². The summed E-state index contributed by atoms with van der Waals surface area (Å²) in [6, 6.07) is 2.11. The Labute approximate surface area is 61.2 Å². The lowest BCUT2D eigenvalue weighted by Gasteiger charge is -2.29. The van der Waals surface area contributed by atoms with Crippen molar-refractivity contribution in [3.8, 4) is 6.07 Å². The lowest BCUT2D eigenvalue weighted by Crippen LogP contribution is -2.37. The Morgan fingerprint density at radius 1 is 1.70 bits per heavy atom. The number of ether oxygens (including phenoxy) is 1. The fraction of sp³-hybridized carbons (Fsp3) is 0.857. The van der Waals surface area contributed by atoms with Crippen LogP contribution in [-0.4, -0.2) is 38.3 Å². The minimum absolute atomic E-state index is 0.524. The Morgan fingerprint density at radius 2 is 2.40 bits per heavy atom. The second-order valence-corrected chi connectivity index (χ2v) is 2.76. The fourth-order valence-corrected chi connectivity index (χ4v) is 1.02. The molecule has 0 aliphatic carbocycles. The predicted molar refractivity (Wildman–Crippen MR) is 37.4 cm³/mol. The maximum atomic E-state index is 8.32. The molecule has 1 aliphatic heterocycles. The van der Waals surface area contributed by atoms with E-state index < -0.39 is 0 Å². The standard InChI is InChI=1S/C7H12N2O/c1-9(3-2-8)4-7-5-10-6-7/h7H,3-6H2,1H3. The van der Waals surface area contributed by atoms with Crippen molar-refractivity contribution in [2.24, 2.45) is 5.92 Å². The van der Waals surface area contributed by atoms with Gasteiger partial charge in [0.15, 0.2) is 0 Å². The van der Waals surface area contributed by atoms with Gasteiger partial charge >= 0.3 is 0 Å². The quantitative estimate of drug-likeness (QED) is 0.521. The predicted octanol–water partition coefficient (Wildman–Crippen LogP) is 0.0882. The third-order valence-corrected chi connectivity index (χ3v) is 1.62. The Balaban J connectivity index is 2.06. The molecule has 0 atom stereocenters. The Bertz CT molecular complexity index is 137. The van der Waals surface area contributed by atoms with Gasteiger partial charge in [-0.05, 0) is 7.05 Å². The van der Waals surface area contributed by atoms with E-state index in [4.69, 9.17) is 10.00 Å². The van der Waals surface area contributed by atoms with Crippen LogP contribution in [0.3, 0.4) is 0 Å². The van der Waals surface area contributed by atoms with Gasteiger partial charge in [0, 0.05) is 12.5 Å². The van der Waals surface area contributed by atoms with Crippen LogP contribution in [0.2, 0.25) is 0 Å². The fourth-order valence-electron chi connectivity index (χ4n) is 1.02. The van der Waals surface area contributed by atoms with E-state index in [0.717, 1.165) is 19.8 Å². The molecule has 0 aromatic heterocycles. The summed E-state index contributed by atoms with van der Waals surface area (Å²) in [5.41, 5.74) is 0. The number of hydrogen-bond donors (Lipinski definition) is 0. The molecule has 0 spiro atoms. The van der Waals surface area contributed by atoms with Gasteiger partial charge in [-0.15, -0.1) is 0 Å². The van der Waals surface area contributed by atoms with Crippen LogP contribution in [-0.2, 0) is 4.74 Å². The molecule has 1 rings (SSSR count). The molecule has 0 N–H and O–H groups in total.